The molecule has 1 N–H and O–H groups in total. The van der Waals surface area contributed by atoms with Gasteiger partial charge in [0.05, 0.1) is 0 Å². The largest absolute Gasteiger partial charge is 0.380 e. The molecule has 5 nitrogen and oxygen atoms in total. The molecule has 0 fully saturated rings. The third-order valence-electron chi connectivity index (χ3n) is 4.21. The fraction of sp³-hybridized carbons (Fsp3) is 0.136. The van der Waals surface area contributed by atoms with Crippen LogP contribution >= 0.6 is 0 Å². The molecule has 0 aliphatic rings. The molecule has 2 unspecified atom stereocenters. The molecule has 3 aromatic carbocycles. The minimum atomic E-state index is -2.18. The monoisotopic (exact) mass is 396 g/mol. The van der Waals surface area contributed by atoms with Crippen LogP contribution in [-0.4, -0.2) is 21.7 Å². The van der Waals surface area contributed by atoms with E-state index in [0.717, 1.165) is 5.56 Å². The first-order valence-electron chi connectivity index (χ1n) is 8.67. The van der Waals surface area contributed by atoms with Crippen LogP contribution < -0.4 is 4.18 Å². The predicted octanol–water partition coefficient (Wildman–Crippen LogP) is 3.74. The van der Waals surface area contributed by atoms with E-state index in [4.69, 9.17) is 8.37 Å². The maximum absolute atomic E-state index is 13.0. The summed E-state index contributed by atoms with van der Waals surface area (Å²) < 4.78 is 22.6. The van der Waals surface area contributed by atoms with E-state index in [0.29, 0.717) is 16.9 Å². The molecule has 0 aliphatic heterocycles. The summed E-state index contributed by atoms with van der Waals surface area (Å²) in [4.78, 5) is 13.0. The number of carbonyl (C=O) groups is 1. The van der Waals surface area contributed by atoms with Crippen molar-refractivity contribution in [2.45, 2.75) is 12.5 Å². The van der Waals surface area contributed by atoms with Gasteiger partial charge in [0.1, 0.15) is 12.4 Å². The molecule has 3 rings (SSSR count). The van der Waals surface area contributed by atoms with Crippen molar-refractivity contribution in [2.75, 3.05) is 6.61 Å². The van der Waals surface area contributed by atoms with Gasteiger partial charge >= 0.3 is 11.4 Å². The zero-order valence-corrected chi connectivity index (χ0v) is 16.1. The number of carbonyl (C=O) groups excluding carboxylic acids is 1. The van der Waals surface area contributed by atoms with Crippen molar-refractivity contribution >= 4 is 17.1 Å². The van der Waals surface area contributed by atoms with E-state index in [1.807, 2.05) is 19.1 Å². The number of aliphatic hydroxyl groups is 1. The van der Waals surface area contributed by atoms with Gasteiger partial charge in [-0.05, 0) is 24.6 Å². The second-order valence-corrected chi connectivity index (χ2v) is 7.09. The summed E-state index contributed by atoms with van der Waals surface area (Å²) in [6.07, 6.45) is 0. The summed E-state index contributed by atoms with van der Waals surface area (Å²) in [5, 5.41) is 11.2. The van der Waals surface area contributed by atoms with E-state index in [-0.39, 0.29) is 0 Å². The Balaban J connectivity index is 1.79. The van der Waals surface area contributed by atoms with Crippen molar-refractivity contribution in [1.29, 1.82) is 0 Å². The molecule has 0 spiro atoms. The summed E-state index contributed by atoms with van der Waals surface area (Å²) in [6.45, 7) is 1.40. The molecule has 0 amide bonds. The Kier molecular flexibility index (Phi) is 6.36. The number of benzene rings is 3. The van der Waals surface area contributed by atoms with Gasteiger partial charge in [0, 0.05) is 5.56 Å². The van der Waals surface area contributed by atoms with E-state index in [1.54, 1.807) is 72.8 Å². The molecule has 3 aromatic rings. The molecule has 0 aliphatic carbocycles. The fourth-order valence-corrected chi connectivity index (χ4v) is 3.24. The van der Waals surface area contributed by atoms with Crippen molar-refractivity contribution in [3.63, 3.8) is 0 Å². The van der Waals surface area contributed by atoms with Crippen LogP contribution in [0.4, 0.5) is 0 Å². The van der Waals surface area contributed by atoms with Crippen molar-refractivity contribution in [1.82, 2.24) is 0 Å². The van der Waals surface area contributed by atoms with E-state index in [1.165, 1.54) is 0 Å². The maximum Gasteiger partial charge on any atom is 0.360 e. The first-order chi connectivity index (χ1) is 13.5. The van der Waals surface area contributed by atoms with Crippen LogP contribution in [0.3, 0.4) is 0 Å². The highest BCUT2D eigenvalue weighted by atomic mass is 32.2. The lowest BCUT2D eigenvalue weighted by Gasteiger charge is -2.26. The summed E-state index contributed by atoms with van der Waals surface area (Å²) in [5.74, 6) is -0.187. The van der Waals surface area contributed by atoms with E-state index in [9.17, 15) is 14.1 Å². The molecular weight excluding hydrogens is 376 g/mol. The molecule has 2 atom stereocenters. The normalized spacial score (nSPS) is 14.1. The lowest BCUT2D eigenvalue weighted by atomic mass is 9.86. The summed E-state index contributed by atoms with van der Waals surface area (Å²) >= 11 is -2.18. The zero-order valence-electron chi connectivity index (χ0n) is 15.3. The average Bonchev–Trinajstić information content (AvgIpc) is 2.74. The predicted molar refractivity (Wildman–Crippen MR) is 107 cm³/mol. The Morgan fingerprint density at radius 3 is 2.11 bits per heavy atom. The minimum absolute atomic E-state index is 0.322. The molecule has 0 aromatic heterocycles. The first kappa shape index (κ1) is 19.9. The van der Waals surface area contributed by atoms with Crippen LogP contribution in [0.1, 0.15) is 21.5 Å². The van der Waals surface area contributed by atoms with Gasteiger partial charge in [0.25, 0.3) is 0 Å². The molecule has 28 heavy (non-hydrogen) atoms. The van der Waals surface area contributed by atoms with Crippen molar-refractivity contribution in [2.24, 2.45) is 0 Å². The Labute approximate surface area is 166 Å². The number of ketones is 1. The van der Waals surface area contributed by atoms with Gasteiger partial charge in [-0.25, -0.2) is 0 Å². The second kappa shape index (κ2) is 8.93. The van der Waals surface area contributed by atoms with Gasteiger partial charge in [-0.3, -0.25) is 8.98 Å². The summed E-state index contributed by atoms with van der Waals surface area (Å²) in [6, 6.07) is 23.8. The molecule has 144 valence electrons. The van der Waals surface area contributed by atoms with E-state index >= 15 is 0 Å². The van der Waals surface area contributed by atoms with E-state index in [2.05, 4.69) is 0 Å². The quantitative estimate of drug-likeness (QED) is 0.587. The molecule has 0 saturated heterocycles. The molecule has 0 heterocycles. The topological polar surface area (TPSA) is 72.8 Å². The molecule has 0 radical (unpaired) electrons. The molecule has 0 saturated carbocycles. The molecular formula is C22H20O5S. The fourth-order valence-electron chi connectivity index (χ4n) is 2.65. The van der Waals surface area contributed by atoms with Crippen LogP contribution in [0.5, 0.6) is 5.75 Å². The Morgan fingerprint density at radius 1 is 0.929 bits per heavy atom. The van der Waals surface area contributed by atoms with Crippen LogP contribution in [0.15, 0.2) is 84.9 Å². The molecule has 0 bridgehead atoms. The van der Waals surface area contributed by atoms with Crippen molar-refractivity contribution in [3.05, 3.63) is 102 Å². The Bertz CT molecular complexity index is 942. The van der Waals surface area contributed by atoms with Crippen molar-refractivity contribution in [3.8, 4) is 5.75 Å². The number of aryl methyl sites for hydroxylation is 1. The van der Waals surface area contributed by atoms with Crippen molar-refractivity contribution < 1.29 is 22.5 Å². The van der Waals surface area contributed by atoms with Crippen LogP contribution in [0, 0.1) is 6.92 Å². The zero-order chi connectivity index (χ0) is 20.0. The smallest absolute Gasteiger partial charge is 0.360 e. The third kappa shape index (κ3) is 4.72. The number of hydrogen-bond donors (Lipinski definition) is 1. The highest BCUT2D eigenvalue weighted by molar-refractivity contribution is 7.75. The lowest BCUT2D eigenvalue weighted by molar-refractivity contribution is 0.00400. The highest BCUT2D eigenvalue weighted by Gasteiger charge is 2.39. The SMILES string of the molecule is Cc1ccc(OS(=O)OCC(O)(C(=O)c2ccccc2)c2ccccc2)cc1. The van der Waals surface area contributed by atoms with E-state index < -0.39 is 29.4 Å². The standard InChI is InChI=1S/C22H20O5S/c1-17-12-14-20(15-13-17)27-28(25)26-16-22(24,19-10-6-3-7-11-19)21(23)18-8-4-2-5-9-18/h2-15,24H,16H2,1H3. The highest BCUT2D eigenvalue weighted by Crippen LogP contribution is 2.27. The minimum Gasteiger partial charge on any atom is -0.380 e. The maximum atomic E-state index is 13.0. The Morgan fingerprint density at radius 2 is 1.50 bits per heavy atom. The van der Waals surface area contributed by atoms with Gasteiger partial charge in [-0.2, -0.15) is 4.21 Å². The first-order valence-corrected chi connectivity index (χ1v) is 9.67. The summed E-state index contributed by atoms with van der Waals surface area (Å²) in [7, 11) is 0. The van der Waals surface area contributed by atoms with Gasteiger partial charge in [-0.1, -0.05) is 78.4 Å². The second-order valence-electron chi connectivity index (χ2n) is 6.28. The van der Waals surface area contributed by atoms with Crippen LogP contribution in [0.2, 0.25) is 0 Å². The summed E-state index contributed by atoms with van der Waals surface area (Å²) in [5.41, 5.74) is -0.306. The third-order valence-corrected chi connectivity index (χ3v) is 4.85. The van der Waals surface area contributed by atoms with Gasteiger partial charge in [0.15, 0.2) is 5.60 Å². The number of hydrogen-bond acceptors (Lipinski definition) is 5. The molecule has 6 heteroatoms. The van der Waals surface area contributed by atoms with Gasteiger partial charge in [0.2, 0.25) is 5.78 Å². The van der Waals surface area contributed by atoms with Gasteiger partial charge < -0.3 is 9.29 Å². The Hall–Kier alpha value is -2.80. The van der Waals surface area contributed by atoms with Crippen LogP contribution in [0.25, 0.3) is 0 Å². The number of rotatable bonds is 8. The number of Topliss-reactive ketones (excluding diaryl/α,β-unsaturated/α-hetero) is 1. The average molecular weight is 396 g/mol. The van der Waals surface area contributed by atoms with Gasteiger partial charge in [-0.15, -0.1) is 0 Å². The van der Waals surface area contributed by atoms with Crippen LogP contribution in [-0.2, 0) is 21.1 Å². The lowest BCUT2D eigenvalue weighted by Crippen LogP contribution is -2.41.